The first-order valence-corrected chi connectivity index (χ1v) is 13.1. The fourth-order valence-corrected chi connectivity index (χ4v) is 6.04. The summed E-state index contributed by atoms with van der Waals surface area (Å²) < 4.78 is 0. The van der Waals surface area contributed by atoms with Gasteiger partial charge in [0, 0.05) is 17.0 Å². The molecule has 0 radical (unpaired) electrons. The molecule has 5 rings (SSSR count). The maximum Gasteiger partial charge on any atom is 0.259 e. The lowest BCUT2D eigenvalue weighted by Crippen LogP contribution is -2.31. The van der Waals surface area contributed by atoms with Crippen LogP contribution in [-0.4, -0.2) is 20.8 Å². The van der Waals surface area contributed by atoms with Crippen LogP contribution in [0.1, 0.15) is 71.4 Å². The first kappa shape index (κ1) is 23.5. The number of amides is 1. The predicted molar refractivity (Wildman–Crippen MR) is 142 cm³/mol. The number of nitrogens with zero attached hydrogens (tertiary/aromatic N) is 2. The molecule has 1 N–H and O–H groups in total. The standard InChI is InChI=1S/C29H31N3O2S/c1-29(2,3)21-15-13-20(14-16-21)28(34)32(17-19-9-5-4-6-10-19)18-24-30-26(33)25-22-11-7-8-12-23(22)35-27(25)31-24/h4-6,9-10,13-16H,7-8,11-12,17-18H2,1-3H3,(H,30,31,33). The molecule has 0 saturated heterocycles. The summed E-state index contributed by atoms with van der Waals surface area (Å²) in [5.74, 6) is 0.444. The van der Waals surface area contributed by atoms with Crippen LogP contribution in [0, 0.1) is 0 Å². The number of H-pyrrole nitrogens is 1. The zero-order chi connectivity index (χ0) is 24.6. The molecule has 0 fully saturated rings. The number of hydrogen-bond acceptors (Lipinski definition) is 4. The summed E-state index contributed by atoms with van der Waals surface area (Å²) in [6.07, 6.45) is 4.25. The second-order valence-electron chi connectivity index (χ2n) is 10.4. The van der Waals surface area contributed by atoms with E-state index in [1.165, 1.54) is 16.0 Å². The summed E-state index contributed by atoms with van der Waals surface area (Å²) in [6, 6.07) is 17.8. The van der Waals surface area contributed by atoms with Crippen LogP contribution in [0.25, 0.3) is 10.2 Å². The molecular formula is C29H31N3O2S. The first-order valence-electron chi connectivity index (χ1n) is 12.3. The number of rotatable bonds is 5. The Hall–Kier alpha value is -3.25. The van der Waals surface area contributed by atoms with Crippen LogP contribution in [0.2, 0.25) is 0 Å². The number of aryl methyl sites for hydroxylation is 2. The van der Waals surface area contributed by atoms with E-state index in [0.29, 0.717) is 17.9 Å². The summed E-state index contributed by atoms with van der Waals surface area (Å²) >= 11 is 1.63. The van der Waals surface area contributed by atoms with Crippen molar-refractivity contribution in [2.45, 2.75) is 65.0 Å². The maximum absolute atomic E-state index is 13.6. The van der Waals surface area contributed by atoms with Crippen molar-refractivity contribution in [3.05, 3.63) is 97.9 Å². The van der Waals surface area contributed by atoms with Gasteiger partial charge in [0.15, 0.2) is 0 Å². The maximum atomic E-state index is 13.6. The minimum absolute atomic E-state index is 0.0179. The second-order valence-corrected chi connectivity index (χ2v) is 11.5. The molecule has 1 amide bonds. The summed E-state index contributed by atoms with van der Waals surface area (Å²) in [6.45, 7) is 7.15. The van der Waals surface area contributed by atoms with Gasteiger partial charge >= 0.3 is 0 Å². The van der Waals surface area contributed by atoms with Crippen molar-refractivity contribution in [2.24, 2.45) is 0 Å². The van der Waals surface area contributed by atoms with E-state index in [1.54, 1.807) is 16.2 Å². The van der Waals surface area contributed by atoms with E-state index < -0.39 is 0 Å². The monoisotopic (exact) mass is 485 g/mol. The lowest BCUT2D eigenvalue weighted by atomic mass is 9.86. The van der Waals surface area contributed by atoms with Gasteiger partial charge in [0.05, 0.1) is 11.9 Å². The van der Waals surface area contributed by atoms with Gasteiger partial charge in [0.2, 0.25) is 0 Å². The van der Waals surface area contributed by atoms with Gasteiger partial charge in [-0.05, 0) is 59.9 Å². The minimum Gasteiger partial charge on any atom is -0.327 e. The van der Waals surface area contributed by atoms with Gasteiger partial charge in [-0.25, -0.2) is 4.98 Å². The Morgan fingerprint density at radius 3 is 2.43 bits per heavy atom. The van der Waals surface area contributed by atoms with E-state index >= 15 is 0 Å². The Bertz CT molecular complexity index is 1410. The third-order valence-corrected chi connectivity index (χ3v) is 7.90. The molecule has 2 aromatic heterocycles. The van der Waals surface area contributed by atoms with E-state index in [2.05, 4.69) is 25.8 Å². The molecule has 0 atom stereocenters. The zero-order valence-electron chi connectivity index (χ0n) is 20.6. The number of carbonyl (C=O) groups is 1. The first-order chi connectivity index (χ1) is 16.8. The van der Waals surface area contributed by atoms with Crippen LogP contribution in [0.15, 0.2) is 59.4 Å². The number of nitrogens with one attached hydrogen (secondary N) is 1. The molecule has 35 heavy (non-hydrogen) atoms. The molecule has 1 aliphatic rings. The van der Waals surface area contributed by atoms with Crippen molar-refractivity contribution in [2.75, 3.05) is 0 Å². The SMILES string of the molecule is CC(C)(C)c1ccc(C(=O)N(Cc2ccccc2)Cc2nc3sc4c(c3c(=O)[nH]2)CCCC4)cc1. The van der Waals surface area contributed by atoms with E-state index in [4.69, 9.17) is 4.98 Å². The Labute approximate surface area is 209 Å². The Morgan fingerprint density at radius 1 is 1.00 bits per heavy atom. The third-order valence-electron chi connectivity index (χ3n) is 6.72. The van der Waals surface area contributed by atoms with Gasteiger partial charge in [-0.15, -0.1) is 11.3 Å². The highest BCUT2D eigenvalue weighted by Crippen LogP contribution is 2.33. The van der Waals surface area contributed by atoms with Gasteiger partial charge < -0.3 is 9.88 Å². The number of benzene rings is 2. The van der Waals surface area contributed by atoms with E-state index in [0.717, 1.165) is 41.5 Å². The number of fused-ring (bicyclic) bond motifs is 3. The smallest absolute Gasteiger partial charge is 0.259 e. The molecule has 4 aromatic rings. The van der Waals surface area contributed by atoms with Crippen molar-refractivity contribution in [3.63, 3.8) is 0 Å². The third kappa shape index (κ3) is 4.94. The molecule has 0 aliphatic heterocycles. The summed E-state index contributed by atoms with van der Waals surface area (Å²) in [5.41, 5.74) is 3.94. The largest absolute Gasteiger partial charge is 0.327 e. The second kappa shape index (κ2) is 9.42. The number of aromatic nitrogens is 2. The normalized spacial score (nSPS) is 13.6. The highest BCUT2D eigenvalue weighted by atomic mass is 32.1. The van der Waals surface area contributed by atoms with Gasteiger partial charge in [-0.3, -0.25) is 9.59 Å². The molecule has 2 heterocycles. The van der Waals surface area contributed by atoms with Crippen molar-refractivity contribution in [1.82, 2.24) is 14.9 Å². The summed E-state index contributed by atoms with van der Waals surface area (Å²) in [7, 11) is 0. The van der Waals surface area contributed by atoms with Crippen LogP contribution in [0.5, 0.6) is 0 Å². The number of thiophene rings is 1. The lowest BCUT2D eigenvalue weighted by molar-refractivity contribution is 0.0725. The summed E-state index contributed by atoms with van der Waals surface area (Å²) in [4.78, 5) is 38.3. The molecule has 0 bridgehead atoms. The Morgan fingerprint density at radius 2 is 1.71 bits per heavy atom. The van der Waals surface area contributed by atoms with E-state index in [1.807, 2.05) is 54.6 Å². The predicted octanol–water partition coefficient (Wildman–Crippen LogP) is 6.00. The van der Waals surface area contributed by atoms with Crippen LogP contribution in [0.4, 0.5) is 0 Å². The average molecular weight is 486 g/mol. The number of aromatic amines is 1. The Kier molecular flexibility index (Phi) is 6.32. The van der Waals surface area contributed by atoms with Crippen molar-refractivity contribution in [3.8, 4) is 0 Å². The van der Waals surface area contributed by atoms with Gasteiger partial charge in [0.25, 0.3) is 11.5 Å². The molecule has 2 aromatic carbocycles. The highest BCUT2D eigenvalue weighted by molar-refractivity contribution is 7.18. The van der Waals surface area contributed by atoms with Crippen LogP contribution in [0.3, 0.4) is 0 Å². The van der Waals surface area contributed by atoms with Crippen LogP contribution < -0.4 is 5.56 Å². The fourth-order valence-electron chi connectivity index (χ4n) is 4.76. The van der Waals surface area contributed by atoms with Crippen molar-refractivity contribution >= 4 is 27.5 Å². The molecule has 0 spiro atoms. The Balaban J connectivity index is 1.48. The fraction of sp³-hybridized carbons (Fsp3) is 0.345. The molecule has 0 saturated carbocycles. The molecule has 180 valence electrons. The molecular weight excluding hydrogens is 454 g/mol. The number of carbonyl (C=O) groups excluding carboxylic acids is 1. The quantitative estimate of drug-likeness (QED) is 0.377. The average Bonchev–Trinajstić information content (AvgIpc) is 3.22. The molecule has 5 nitrogen and oxygen atoms in total. The molecule has 6 heteroatoms. The van der Waals surface area contributed by atoms with Crippen molar-refractivity contribution < 1.29 is 4.79 Å². The summed E-state index contributed by atoms with van der Waals surface area (Å²) in [5, 5.41) is 0.743. The minimum atomic E-state index is -0.0916. The lowest BCUT2D eigenvalue weighted by Gasteiger charge is -2.24. The van der Waals surface area contributed by atoms with Gasteiger partial charge in [0.1, 0.15) is 10.7 Å². The van der Waals surface area contributed by atoms with E-state index in [-0.39, 0.29) is 23.4 Å². The van der Waals surface area contributed by atoms with Gasteiger partial charge in [-0.1, -0.05) is 63.2 Å². The van der Waals surface area contributed by atoms with Crippen LogP contribution in [-0.2, 0) is 31.3 Å². The molecule has 0 unspecified atom stereocenters. The van der Waals surface area contributed by atoms with Crippen molar-refractivity contribution in [1.29, 1.82) is 0 Å². The highest BCUT2D eigenvalue weighted by Gasteiger charge is 2.23. The number of hydrogen-bond donors (Lipinski definition) is 1. The molecule has 1 aliphatic carbocycles. The zero-order valence-corrected chi connectivity index (χ0v) is 21.4. The topological polar surface area (TPSA) is 66.1 Å². The van der Waals surface area contributed by atoms with Crippen LogP contribution >= 0.6 is 11.3 Å². The van der Waals surface area contributed by atoms with E-state index in [9.17, 15) is 9.59 Å². The van der Waals surface area contributed by atoms with Gasteiger partial charge in [-0.2, -0.15) is 0 Å².